The first-order valence-electron chi connectivity index (χ1n) is 16.3. The number of benzene rings is 2. The molecule has 0 saturated carbocycles. The molecule has 0 radical (unpaired) electrons. The zero-order valence-electron chi connectivity index (χ0n) is 28.9. The Morgan fingerprint density at radius 3 is 2.15 bits per heavy atom. The number of unbranched alkanes of at least 4 members (excludes halogenated alkanes) is 1. The van der Waals surface area contributed by atoms with Gasteiger partial charge in [-0.25, -0.2) is 4.79 Å². The molecule has 0 bridgehead atoms. The Balaban J connectivity index is 2.20. The predicted molar refractivity (Wildman–Crippen MR) is 191 cm³/mol. The quantitative estimate of drug-likeness (QED) is 0.0393. The van der Waals surface area contributed by atoms with Crippen molar-refractivity contribution in [2.45, 2.75) is 115 Å². The van der Waals surface area contributed by atoms with Gasteiger partial charge in [-0.3, -0.25) is 4.90 Å². The van der Waals surface area contributed by atoms with Crippen LogP contribution in [0.4, 0.5) is 4.79 Å². The summed E-state index contributed by atoms with van der Waals surface area (Å²) in [6, 6.07) is 19.9. The zero-order chi connectivity index (χ0) is 34.2. The number of hydrogen-bond acceptors (Lipinski definition) is 6. The molecule has 252 valence electrons. The first-order chi connectivity index (χ1) is 21.7. The number of carbonyl (C=O) groups excluding carboxylic acids is 1. The van der Waals surface area contributed by atoms with Gasteiger partial charge in [0.05, 0.1) is 18.2 Å². The molecule has 3 rings (SSSR count). The highest BCUT2D eigenvalue weighted by Gasteiger charge is 2.62. The van der Waals surface area contributed by atoms with Crippen molar-refractivity contribution in [2.24, 2.45) is 5.11 Å². The Morgan fingerprint density at radius 2 is 1.70 bits per heavy atom. The van der Waals surface area contributed by atoms with Gasteiger partial charge in [0.15, 0.2) is 5.60 Å². The second kappa shape index (κ2) is 15.9. The van der Waals surface area contributed by atoms with Gasteiger partial charge in [-0.05, 0) is 74.3 Å². The molecule has 11 heteroatoms. The van der Waals surface area contributed by atoms with Gasteiger partial charge in [-0.1, -0.05) is 99.5 Å². The molecule has 1 amide bonds. The van der Waals surface area contributed by atoms with Crippen molar-refractivity contribution < 1.29 is 18.5 Å². The summed E-state index contributed by atoms with van der Waals surface area (Å²) in [4.78, 5) is 18.5. The van der Waals surface area contributed by atoms with E-state index in [9.17, 15) is 9.35 Å². The average Bonchev–Trinajstić information content (AvgIpc) is 3.26. The summed E-state index contributed by atoms with van der Waals surface area (Å²) in [5.74, 6) is 0. The van der Waals surface area contributed by atoms with E-state index >= 15 is 0 Å². The first kappa shape index (κ1) is 37.7. The topological polar surface area (TPSA) is 123 Å². The van der Waals surface area contributed by atoms with Crippen molar-refractivity contribution in [3.63, 3.8) is 0 Å². The lowest BCUT2D eigenvalue weighted by atomic mass is 9.83. The molecule has 1 aliphatic heterocycles. The Kier molecular flexibility index (Phi) is 13.0. The van der Waals surface area contributed by atoms with E-state index in [4.69, 9.17) is 14.7 Å². The number of nitrogens with zero attached hydrogens (tertiary/aromatic N) is 4. The SMILES string of the molecule is C=CC[C@@H](N[S@@+]([O-])C(C)(C)C)[C@H]1N(CCCCN=[N+]=[N-])C(=O)O[C@]1(C)[C@@H](CC)O[Si](c1ccccc1)(c1ccccc1)C(C)(C)C. The molecule has 2 aromatic carbocycles. The zero-order valence-corrected chi connectivity index (χ0v) is 30.7. The molecule has 1 heterocycles. The fraction of sp³-hybridized carbons (Fsp3) is 0.571. The van der Waals surface area contributed by atoms with E-state index in [1.807, 2.05) is 39.8 Å². The third-order valence-electron chi connectivity index (χ3n) is 8.80. The maximum atomic E-state index is 13.9. The Morgan fingerprint density at radius 1 is 1.13 bits per heavy atom. The van der Waals surface area contributed by atoms with E-state index in [1.54, 1.807) is 11.0 Å². The summed E-state index contributed by atoms with van der Waals surface area (Å²) < 4.78 is 30.5. The summed E-state index contributed by atoms with van der Waals surface area (Å²) in [5, 5.41) is 5.65. The van der Waals surface area contributed by atoms with Crippen LogP contribution in [0.25, 0.3) is 10.4 Å². The van der Waals surface area contributed by atoms with Gasteiger partial charge in [-0.2, -0.15) is 0 Å². The molecule has 0 unspecified atom stereocenters. The molecule has 5 atom stereocenters. The average molecular weight is 668 g/mol. The Bertz CT molecular complexity index is 1290. The van der Waals surface area contributed by atoms with E-state index in [2.05, 4.69) is 97.6 Å². The minimum Gasteiger partial charge on any atom is -0.598 e. The largest absolute Gasteiger partial charge is 0.598 e. The summed E-state index contributed by atoms with van der Waals surface area (Å²) in [6.07, 6.45) is 3.15. The Labute approximate surface area is 280 Å². The number of carbonyl (C=O) groups is 1. The molecule has 0 aliphatic carbocycles. The number of amides is 1. The fourth-order valence-corrected chi connectivity index (χ4v) is 12.3. The third-order valence-corrected chi connectivity index (χ3v) is 15.5. The van der Waals surface area contributed by atoms with E-state index < -0.39 is 54.3 Å². The van der Waals surface area contributed by atoms with Crippen molar-refractivity contribution >= 4 is 36.1 Å². The highest BCUT2D eigenvalue weighted by atomic mass is 32.2. The summed E-state index contributed by atoms with van der Waals surface area (Å²) in [7, 11) is -3.03. The van der Waals surface area contributed by atoms with Crippen LogP contribution in [0.3, 0.4) is 0 Å². The lowest BCUT2D eigenvalue weighted by molar-refractivity contribution is -0.0581. The molecule has 2 aromatic rings. The van der Waals surface area contributed by atoms with E-state index in [1.165, 1.54) is 0 Å². The molecule has 1 saturated heterocycles. The van der Waals surface area contributed by atoms with Crippen LogP contribution in [0, 0.1) is 0 Å². The van der Waals surface area contributed by atoms with E-state index in [-0.39, 0.29) is 5.04 Å². The van der Waals surface area contributed by atoms with Crippen LogP contribution in [0.1, 0.15) is 81.1 Å². The molecule has 1 fully saturated rings. The van der Waals surface area contributed by atoms with Crippen LogP contribution in [-0.4, -0.2) is 65.5 Å². The minimum absolute atomic E-state index is 0.287. The van der Waals surface area contributed by atoms with Gasteiger partial charge < -0.3 is 13.7 Å². The van der Waals surface area contributed by atoms with Crippen LogP contribution >= 0.6 is 0 Å². The minimum atomic E-state index is -3.03. The van der Waals surface area contributed by atoms with Crippen LogP contribution in [0.2, 0.25) is 5.04 Å². The van der Waals surface area contributed by atoms with E-state index in [0.717, 1.165) is 10.4 Å². The molecule has 1 aliphatic rings. The van der Waals surface area contributed by atoms with Crippen LogP contribution in [-0.2, 0) is 20.5 Å². The highest BCUT2D eigenvalue weighted by Crippen LogP contribution is 2.44. The first-order valence-corrected chi connectivity index (χ1v) is 19.3. The number of nitrogens with one attached hydrogen (secondary N) is 1. The van der Waals surface area contributed by atoms with Crippen LogP contribution < -0.4 is 15.1 Å². The standard InChI is InChI=1S/C35H53N5O4SSi/c1-10-20-29(38-45(42)33(3,4)5)31-35(9,43-32(41)40(31)26-19-18-25-37-39-36)30(11-2)44-46(34(6,7)8,27-21-14-12-15-22-27)28-23-16-13-17-24-28/h10,12-17,21-24,29-31,38H,1,11,18-20,25-26H2,2-9H3/t29-,30-,31-,35-,45+/m1/s1. The fourth-order valence-electron chi connectivity index (χ4n) is 6.59. The third kappa shape index (κ3) is 8.19. The van der Waals surface area contributed by atoms with Gasteiger partial charge >= 0.3 is 6.09 Å². The predicted octanol–water partition coefficient (Wildman–Crippen LogP) is 7.01. The molecular weight excluding hydrogens is 615 g/mol. The van der Waals surface area contributed by atoms with Gasteiger partial charge in [0.2, 0.25) is 0 Å². The summed E-state index contributed by atoms with van der Waals surface area (Å²) >= 11 is -1.42. The van der Waals surface area contributed by atoms with E-state index in [0.29, 0.717) is 38.8 Å². The van der Waals surface area contributed by atoms with Gasteiger partial charge in [0.1, 0.15) is 4.75 Å². The van der Waals surface area contributed by atoms with Gasteiger partial charge in [0.25, 0.3) is 8.32 Å². The maximum absolute atomic E-state index is 13.9. The number of hydrogen-bond donors (Lipinski definition) is 1. The highest BCUT2D eigenvalue weighted by molar-refractivity contribution is 7.90. The molecular formula is C35H53N5O4SSi. The van der Waals surface area contributed by atoms with Crippen molar-refractivity contribution in [1.29, 1.82) is 0 Å². The second-order valence-corrected chi connectivity index (χ2v) is 20.4. The Hall–Kier alpha value is -2.79. The maximum Gasteiger partial charge on any atom is 0.410 e. The lowest BCUT2D eigenvalue weighted by Gasteiger charge is -2.49. The second-order valence-electron chi connectivity index (χ2n) is 14.2. The van der Waals surface area contributed by atoms with Crippen molar-refractivity contribution in [1.82, 2.24) is 9.62 Å². The molecule has 46 heavy (non-hydrogen) atoms. The number of azide groups is 1. The summed E-state index contributed by atoms with van der Waals surface area (Å²) in [6.45, 7) is 21.3. The van der Waals surface area contributed by atoms with Crippen molar-refractivity contribution in [3.8, 4) is 0 Å². The van der Waals surface area contributed by atoms with Gasteiger partial charge in [-0.15, -0.1) is 11.3 Å². The summed E-state index contributed by atoms with van der Waals surface area (Å²) in [5.41, 5.74) is 7.63. The molecule has 0 spiro atoms. The monoisotopic (exact) mass is 667 g/mol. The van der Waals surface area contributed by atoms with Crippen LogP contribution in [0.5, 0.6) is 0 Å². The normalized spacial score (nSPS) is 20.8. The smallest absolute Gasteiger partial charge is 0.410 e. The molecule has 1 N–H and O–H groups in total. The molecule has 0 aromatic heterocycles. The molecule has 9 nitrogen and oxygen atoms in total. The van der Waals surface area contributed by atoms with Gasteiger partial charge in [0, 0.05) is 29.4 Å². The lowest BCUT2D eigenvalue weighted by Crippen LogP contribution is -2.71. The van der Waals surface area contributed by atoms with Crippen LogP contribution in [0.15, 0.2) is 78.4 Å². The van der Waals surface area contributed by atoms with Crippen molar-refractivity contribution in [2.75, 3.05) is 13.1 Å². The number of cyclic esters (lactones) is 1. The number of ether oxygens (including phenoxy) is 1. The van der Waals surface area contributed by atoms with Crippen molar-refractivity contribution in [3.05, 3.63) is 83.8 Å². The number of rotatable bonds is 16.